The Morgan fingerprint density at radius 3 is 3.11 bits per heavy atom. The summed E-state index contributed by atoms with van der Waals surface area (Å²) in [6.07, 6.45) is 0. The van der Waals surface area contributed by atoms with E-state index in [1.165, 1.54) is 0 Å². The molecule has 9 heteroatoms. The highest BCUT2D eigenvalue weighted by Gasteiger charge is 2.05. The minimum Gasteiger partial charge on any atom is -0.368 e. The van der Waals surface area contributed by atoms with Crippen LogP contribution in [0, 0.1) is 10.1 Å². The third kappa shape index (κ3) is 6.74. The van der Waals surface area contributed by atoms with Crippen molar-refractivity contribution < 1.29 is 4.92 Å². The van der Waals surface area contributed by atoms with Crippen molar-refractivity contribution in [3.8, 4) is 0 Å². The predicted octanol–water partition coefficient (Wildman–Crippen LogP) is 2.01. The Kier molecular flexibility index (Phi) is 7.76. The molecule has 0 spiro atoms. The van der Waals surface area contributed by atoms with Gasteiger partial charge >= 0.3 is 0 Å². The summed E-state index contributed by atoms with van der Waals surface area (Å²) in [6.45, 7) is 0.393. The number of thioether (sulfide) groups is 1. The van der Waals surface area contributed by atoms with E-state index in [4.69, 9.17) is 11.6 Å². The first kappa shape index (κ1) is 16.2. The van der Waals surface area contributed by atoms with E-state index in [0.29, 0.717) is 18.3 Å². The van der Waals surface area contributed by atoms with Crippen LogP contribution in [0.4, 0.5) is 0 Å². The molecule has 6 nitrogen and oxygen atoms in total. The van der Waals surface area contributed by atoms with Gasteiger partial charge in [-0.3, -0.25) is 15.1 Å². The molecule has 0 aliphatic heterocycles. The fraction of sp³-hybridized carbons (Fsp3) is 0.600. The Labute approximate surface area is 124 Å². The average Bonchev–Trinajstić information content (AvgIpc) is 2.84. The van der Waals surface area contributed by atoms with Crippen molar-refractivity contribution in [3.63, 3.8) is 0 Å². The SMILES string of the molecule is CN=C(C[N+](=O)[O-])NCCSCc1csc(CCl)n1. The van der Waals surface area contributed by atoms with Crippen LogP contribution in [0.15, 0.2) is 10.4 Å². The van der Waals surface area contributed by atoms with E-state index in [0.717, 1.165) is 22.2 Å². The van der Waals surface area contributed by atoms with Gasteiger partial charge in [0.2, 0.25) is 0 Å². The van der Waals surface area contributed by atoms with Crippen LogP contribution in [0.3, 0.4) is 0 Å². The zero-order valence-electron chi connectivity index (χ0n) is 10.5. The van der Waals surface area contributed by atoms with Gasteiger partial charge in [0, 0.05) is 35.4 Å². The van der Waals surface area contributed by atoms with Crippen LogP contribution in [-0.2, 0) is 11.6 Å². The molecule has 1 aromatic rings. The maximum absolute atomic E-state index is 10.3. The number of thiazole rings is 1. The number of aromatic nitrogens is 1. The van der Waals surface area contributed by atoms with Gasteiger partial charge in [0.25, 0.3) is 6.54 Å². The number of nitrogens with one attached hydrogen (secondary N) is 1. The molecule has 1 rings (SSSR count). The Morgan fingerprint density at radius 1 is 1.74 bits per heavy atom. The van der Waals surface area contributed by atoms with Crippen LogP contribution in [0.1, 0.15) is 10.7 Å². The van der Waals surface area contributed by atoms with Crippen molar-refractivity contribution in [1.29, 1.82) is 0 Å². The maximum atomic E-state index is 10.3. The van der Waals surface area contributed by atoms with Crippen molar-refractivity contribution in [2.75, 3.05) is 25.9 Å². The Bertz CT molecular complexity index is 439. The zero-order chi connectivity index (χ0) is 14.1. The lowest BCUT2D eigenvalue weighted by Gasteiger charge is -2.05. The van der Waals surface area contributed by atoms with Gasteiger partial charge in [-0.1, -0.05) is 0 Å². The fourth-order valence-corrected chi connectivity index (χ4v) is 2.99. The molecule has 0 saturated carbocycles. The quantitative estimate of drug-likeness (QED) is 0.198. The van der Waals surface area contributed by atoms with Crippen molar-refractivity contribution in [3.05, 3.63) is 26.2 Å². The van der Waals surface area contributed by atoms with Gasteiger partial charge in [-0.15, -0.1) is 22.9 Å². The first-order chi connectivity index (χ1) is 9.15. The van der Waals surface area contributed by atoms with Crippen LogP contribution < -0.4 is 5.32 Å². The molecular weight excluding hydrogens is 308 g/mol. The summed E-state index contributed by atoms with van der Waals surface area (Å²) in [5.74, 6) is 2.52. The molecule has 0 fully saturated rings. The van der Waals surface area contributed by atoms with Gasteiger partial charge in [0.1, 0.15) is 5.01 Å². The van der Waals surface area contributed by atoms with Crippen molar-refractivity contribution in [2.24, 2.45) is 4.99 Å². The van der Waals surface area contributed by atoms with Crippen LogP contribution in [0.5, 0.6) is 0 Å². The number of hydrogen-bond acceptors (Lipinski definition) is 6. The number of rotatable bonds is 8. The molecule has 1 aromatic heterocycles. The number of alkyl halides is 1. The highest BCUT2D eigenvalue weighted by molar-refractivity contribution is 7.98. The lowest BCUT2D eigenvalue weighted by atomic mass is 10.5. The molecule has 0 amide bonds. The molecule has 0 aliphatic carbocycles. The van der Waals surface area contributed by atoms with Crippen LogP contribution in [0.2, 0.25) is 0 Å². The predicted molar refractivity (Wildman–Crippen MR) is 81.1 cm³/mol. The largest absolute Gasteiger partial charge is 0.368 e. The first-order valence-corrected chi connectivity index (χ1v) is 8.11. The molecule has 0 aliphatic rings. The zero-order valence-corrected chi connectivity index (χ0v) is 12.9. The Balaban J connectivity index is 2.15. The summed E-state index contributed by atoms with van der Waals surface area (Å²) in [6, 6.07) is 0. The first-order valence-electron chi connectivity index (χ1n) is 5.54. The summed E-state index contributed by atoms with van der Waals surface area (Å²) < 4.78 is 0. The summed E-state index contributed by atoms with van der Waals surface area (Å²) in [4.78, 5) is 18.1. The minimum absolute atomic E-state index is 0.258. The van der Waals surface area contributed by atoms with Crippen LogP contribution >= 0.6 is 34.7 Å². The minimum atomic E-state index is -0.397. The van der Waals surface area contributed by atoms with Gasteiger partial charge in [0.05, 0.1) is 11.6 Å². The highest BCUT2D eigenvalue weighted by Crippen LogP contribution is 2.16. The molecule has 0 atom stereocenters. The second-order valence-electron chi connectivity index (χ2n) is 3.51. The van der Waals surface area contributed by atoms with E-state index in [2.05, 4.69) is 15.3 Å². The van der Waals surface area contributed by atoms with E-state index < -0.39 is 4.92 Å². The smallest absolute Gasteiger partial charge is 0.259 e. The topological polar surface area (TPSA) is 80.4 Å². The van der Waals surface area contributed by atoms with Gasteiger partial charge in [-0.25, -0.2) is 4.98 Å². The normalized spacial score (nSPS) is 11.6. The average molecular weight is 323 g/mol. The lowest BCUT2D eigenvalue weighted by Crippen LogP contribution is -2.31. The second kappa shape index (κ2) is 9.11. The van der Waals surface area contributed by atoms with E-state index in [9.17, 15) is 10.1 Å². The number of halogens is 1. The number of aliphatic imine (C=N–C) groups is 1. The molecule has 106 valence electrons. The summed E-state index contributed by atoms with van der Waals surface area (Å²) in [5.41, 5.74) is 1.03. The van der Waals surface area contributed by atoms with Crippen LogP contribution in [0.25, 0.3) is 0 Å². The van der Waals surface area contributed by atoms with E-state index in [1.807, 2.05) is 5.38 Å². The molecule has 19 heavy (non-hydrogen) atoms. The van der Waals surface area contributed by atoms with Gasteiger partial charge in [-0.2, -0.15) is 11.8 Å². The monoisotopic (exact) mass is 322 g/mol. The summed E-state index contributed by atoms with van der Waals surface area (Å²) in [5, 5.41) is 16.2. The molecule has 1 heterocycles. The van der Waals surface area contributed by atoms with Gasteiger partial charge < -0.3 is 5.32 Å². The summed E-state index contributed by atoms with van der Waals surface area (Å²) >= 11 is 8.96. The number of nitro groups is 1. The number of nitrogens with zero attached hydrogens (tertiary/aromatic N) is 3. The van der Waals surface area contributed by atoms with E-state index in [1.54, 1.807) is 30.1 Å². The van der Waals surface area contributed by atoms with Crippen molar-refractivity contribution >= 4 is 40.5 Å². The van der Waals surface area contributed by atoms with Crippen molar-refractivity contribution in [2.45, 2.75) is 11.6 Å². The molecule has 0 radical (unpaired) electrons. The molecule has 0 saturated heterocycles. The standard InChI is InChI=1S/C10H15ClN4O2S2/c1-12-9(5-15(16)17)13-2-3-18-6-8-7-19-10(4-11)14-8/h7H,2-6H2,1H3,(H,12,13). The Hall–Kier alpha value is -0.860. The molecule has 0 bridgehead atoms. The van der Waals surface area contributed by atoms with Gasteiger partial charge in [-0.05, 0) is 0 Å². The summed E-state index contributed by atoms with van der Waals surface area (Å²) in [7, 11) is 1.54. The fourth-order valence-electron chi connectivity index (χ4n) is 1.25. The Morgan fingerprint density at radius 2 is 2.53 bits per heavy atom. The molecular formula is C10H15ClN4O2S2. The second-order valence-corrected chi connectivity index (χ2v) is 5.82. The number of amidine groups is 1. The molecule has 0 aromatic carbocycles. The third-order valence-electron chi connectivity index (χ3n) is 2.09. The highest BCUT2D eigenvalue weighted by atomic mass is 35.5. The molecule has 0 unspecified atom stereocenters. The van der Waals surface area contributed by atoms with Gasteiger partial charge in [0.15, 0.2) is 5.84 Å². The number of hydrogen-bond donors (Lipinski definition) is 1. The van der Waals surface area contributed by atoms with E-state index >= 15 is 0 Å². The van der Waals surface area contributed by atoms with Crippen molar-refractivity contribution in [1.82, 2.24) is 10.3 Å². The lowest BCUT2D eigenvalue weighted by molar-refractivity contribution is -0.463. The maximum Gasteiger partial charge on any atom is 0.259 e. The molecule has 1 N–H and O–H groups in total. The third-order valence-corrected chi connectivity index (χ3v) is 4.39. The van der Waals surface area contributed by atoms with E-state index in [-0.39, 0.29) is 6.54 Å². The van der Waals surface area contributed by atoms with Crippen LogP contribution in [-0.4, -0.2) is 41.6 Å².